The molecule has 1 heterocycles. The van der Waals surface area contributed by atoms with Crippen molar-refractivity contribution in [2.45, 2.75) is 38.3 Å². The molecule has 0 spiro atoms. The third kappa shape index (κ3) is 6.32. The van der Waals surface area contributed by atoms with E-state index in [-0.39, 0.29) is 24.4 Å². The third-order valence-corrected chi connectivity index (χ3v) is 4.32. The van der Waals surface area contributed by atoms with Crippen molar-refractivity contribution in [3.05, 3.63) is 27.7 Å². The maximum absolute atomic E-state index is 11.9. The molecule has 1 aliphatic heterocycles. The molecule has 2 rings (SSSR count). The van der Waals surface area contributed by atoms with Crippen molar-refractivity contribution in [1.82, 2.24) is 10.6 Å². The summed E-state index contributed by atoms with van der Waals surface area (Å²) in [5.41, 5.74) is 0. The fourth-order valence-corrected chi connectivity index (χ4v) is 3.21. The number of hydrogen-bond acceptors (Lipinski definition) is 3. The molecule has 1 fully saturated rings. The zero-order valence-electron chi connectivity index (χ0n) is 12.4. The summed E-state index contributed by atoms with van der Waals surface area (Å²) in [5.74, 6) is 0.738. The first-order valence-electron chi connectivity index (χ1n) is 7.15. The first kappa shape index (κ1) is 19.6. The lowest BCUT2D eigenvalue weighted by atomic mass is 10.0. The average Bonchev–Trinajstić information content (AvgIpc) is 2.41. The number of nitrogens with one attached hydrogen (secondary N) is 2. The van der Waals surface area contributed by atoms with Gasteiger partial charge in [-0.25, -0.2) is 0 Å². The van der Waals surface area contributed by atoms with Crippen LogP contribution in [0.1, 0.15) is 26.2 Å². The SMILES string of the molecule is CC1CC(NC(=O)CCOc2ccc(Cl)cc2Br)CCN1.Cl. The minimum Gasteiger partial charge on any atom is -0.492 e. The van der Waals surface area contributed by atoms with Gasteiger partial charge in [-0.1, -0.05) is 11.6 Å². The Morgan fingerprint density at radius 2 is 2.32 bits per heavy atom. The second kappa shape index (κ2) is 9.60. The van der Waals surface area contributed by atoms with Crippen LogP contribution in [-0.2, 0) is 4.79 Å². The third-order valence-electron chi connectivity index (χ3n) is 3.47. The number of hydrogen-bond donors (Lipinski definition) is 2. The van der Waals surface area contributed by atoms with E-state index in [1.807, 2.05) is 0 Å². The van der Waals surface area contributed by atoms with Crippen molar-refractivity contribution < 1.29 is 9.53 Å². The molecule has 7 heteroatoms. The molecule has 1 saturated heterocycles. The van der Waals surface area contributed by atoms with Crippen molar-refractivity contribution in [3.63, 3.8) is 0 Å². The second-order valence-corrected chi connectivity index (χ2v) is 6.61. The number of carbonyl (C=O) groups is 1. The fourth-order valence-electron chi connectivity index (χ4n) is 2.41. The van der Waals surface area contributed by atoms with Crippen LogP contribution in [-0.4, -0.2) is 31.1 Å². The number of rotatable bonds is 5. The standard InChI is InChI=1S/C15H20BrClN2O2.ClH/c1-10-8-12(4-6-18-10)19-15(20)5-7-21-14-3-2-11(17)9-13(14)16;/h2-3,9-10,12,18H,4-8H2,1H3,(H,19,20);1H. The van der Waals surface area contributed by atoms with Crippen molar-refractivity contribution in [2.24, 2.45) is 0 Å². The zero-order valence-corrected chi connectivity index (χ0v) is 15.6. The van der Waals surface area contributed by atoms with Gasteiger partial charge in [0.1, 0.15) is 5.75 Å². The van der Waals surface area contributed by atoms with Crippen LogP contribution < -0.4 is 15.4 Å². The zero-order chi connectivity index (χ0) is 15.2. The summed E-state index contributed by atoms with van der Waals surface area (Å²) in [7, 11) is 0. The molecule has 1 aromatic rings. The van der Waals surface area contributed by atoms with Gasteiger partial charge >= 0.3 is 0 Å². The highest BCUT2D eigenvalue weighted by Crippen LogP contribution is 2.27. The van der Waals surface area contributed by atoms with Gasteiger partial charge < -0.3 is 15.4 Å². The van der Waals surface area contributed by atoms with E-state index >= 15 is 0 Å². The number of piperidine rings is 1. The van der Waals surface area contributed by atoms with E-state index in [0.717, 1.165) is 23.9 Å². The molecule has 1 amide bonds. The average molecular weight is 412 g/mol. The van der Waals surface area contributed by atoms with Crippen molar-refractivity contribution >= 4 is 45.8 Å². The van der Waals surface area contributed by atoms with Crippen LogP contribution in [0.4, 0.5) is 0 Å². The Hall–Kier alpha value is -0.490. The number of ether oxygens (including phenoxy) is 1. The lowest BCUT2D eigenvalue weighted by Gasteiger charge is -2.28. The van der Waals surface area contributed by atoms with E-state index in [2.05, 4.69) is 33.5 Å². The largest absolute Gasteiger partial charge is 0.492 e. The Bertz CT molecular complexity index is 502. The predicted octanol–water partition coefficient (Wildman–Crippen LogP) is 3.55. The summed E-state index contributed by atoms with van der Waals surface area (Å²) in [4.78, 5) is 11.9. The van der Waals surface area contributed by atoms with Gasteiger partial charge in [-0.2, -0.15) is 0 Å². The van der Waals surface area contributed by atoms with E-state index in [1.165, 1.54) is 0 Å². The fraction of sp³-hybridized carbons (Fsp3) is 0.533. The van der Waals surface area contributed by atoms with Gasteiger partial charge in [0, 0.05) is 17.1 Å². The minimum atomic E-state index is 0. The van der Waals surface area contributed by atoms with Gasteiger partial charge in [-0.15, -0.1) is 12.4 Å². The Morgan fingerprint density at radius 3 is 3.00 bits per heavy atom. The van der Waals surface area contributed by atoms with E-state index in [1.54, 1.807) is 18.2 Å². The highest BCUT2D eigenvalue weighted by atomic mass is 79.9. The summed E-state index contributed by atoms with van der Waals surface area (Å²) in [6.07, 6.45) is 2.32. The Labute approximate surface area is 150 Å². The number of benzene rings is 1. The molecular formula is C15H21BrCl2N2O2. The van der Waals surface area contributed by atoms with Gasteiger partial charge in [0.25, 0.3) is 0 Å². The highest BCUT2D eigenvalue weighted by Gasteiger charge is 2.19. The first-order chi connectivity index (χ1) is 10.0. The molecule has 124 valence electrons. The van der Waals surface area contributed by atoms with Gasteiger partial charge in [0.2, 0.25) is 5.91 Å². The van der Waals surface area contributed by atoms with Gasteiger partial charge in [-0.05, 0) is 60.4 Å². The Balaban J connectivity index is 0.00000242. The monoisotopic (exact) mass is 410 g/mol. The van der Waals surface area contributed by atoms with Crippen LogP contribution >= 0.6 is 39.9 Å². The Kier molecular flexibility index (Phi) is 8.54. The number of amides is 1. The maximum Gasteiger partial charge on any atom is 0.223 e. The molecule has 2 unspecified atom stereocenters. The first-order valence-corrected chi connectivity index (χ1v) is 8.32. The van der Waals surface area contributed by atoms with Gasteiger partial charge in [-0.3, -0.25) is 4.79 Å². The van der Waals surface area contributed by atoms with Crippen molar-refractivity contribution in [1.29, 1.82) is 0 Å². The summed E-state index contributed by atoms with van der Waals surface area (Å²) < 4.78 is 6.39. The molecule has 2 atom stereocenters. The van der Waals surface area contributed by atoms with Crippen LogP contribution in [0.3, 0.4) is 0 Å². The van der Waals surface area contributed by atoms with Crippen molar-refractivity contribution in [2.75, 3.05) is 13.2 Å². The lowest BCUT2D eigenvalue weighted by molar-refractivity contribution is -0.122. The summed E-state index contributed by atoms with van der Waals surface area (Å²) in [5, 5.41) is 7.08. The van der Waals surface area contributed by atoms with Crippen LogP contribution in [0, 0.1) is 0 Å². The molecule has 4 nitrogen and oxygen atoms in total. The van der Waals surface area contributed by atoms with Crippen LogP contribution in [0.25, 0.3) is 0 Å². The predicted molar refractivity (Wildman–Crippen MR) is 95.1 cm³/mol. The molecule has 1 aromatic carbocycles. The van der Waals surface area contributed by atoms with Crippen LogP contribution in [0.15, 0.2) is 22.7 Å². The number of carbonyl (C=O) groups excluding carboxylic acids is 1. The van der Waals surface area contributed by atoms with Crippen molar-refractivity contribution in [3.8, 4) is 5.75 Å². The molecule has 1 aliphatic rings. The number of halogens is 3. The normalized spacial score (nSPS) is 20.9. The molecular weight excluding hydrogens is 391 g/mol. The summed E-state index contributed by atoms with van der Waals surface area (Å²) in [6, 6.07) is 6.06. The molecule has 0 bridgehead atoms. The summed E-state index contributed by atoms with van der Waals surface area (Å²) >= 11 is 9.25. The molecule has 0 aromatic heterocycles. The smallest absolute Gasteiger partial charge is 0.223 e. The minimum absolute atomic E-state index is 0. The topological polar surface area (TPSA) is 50.4 Å². The maximum atomic E-state index is 11.9. The van der Waals surface area contributed by atoms with Crippen LogP contribution in [0.2, 0.25) is 5.02 Å². The van der Waals surface area contributed by atoms with E-state index < -0.39 is 0 Å². The lowest BCUT2D eigenvalue weighted by Crippen LogP contribution is -2.46. The molecule has 0 aliphatic carbocycles. The molecule has 22 heavy (non-hydrogen) atoms. The van der Waals surface area contributed by atoms with E-state index in [9.17, 15) is 4.79 Å². The Morgan fingerprint density at radius 1 is 1.55 bits per heavy atom. The van der Waals surface area contributed by atoms with Crippen LogP contribution in [0.5, 0.6) is 5.75 Å². The van der Waals surface area contributed by atoms with E-state index in [4.69, 9.17) is 16.3 Å². The van der Waals surface area contributed by atoms with E-state index in [0.29, 0.717) is 29.8 Å². The molecule has 0 radical (unpaired) electrons. The molecule has 0 saturated carbocycles. The van der Waals surface area contributed by atoms with Gasteiger partial charge in [0.05, 0.1) is 17.5 Å². The summed E-state index contributed by atoms with van der Waals surface area (Å²) in [6.45, 7) is 3.45. The quantitative estimate of drug-likeness (QED) is 0.778. The highest BCUT2D eigenvalue weighted by molar-refractivity contribution is 9.10. The second-order valence-electron chi connectivity index (χ2n) is 5.32. The molecule has 2 N–H and O–H groups in total. The van der Waals surface area contributed by atoms with Gasteiger partial charge in [0.15, 0.2) is 0 Å².